The van der Waals surface area contributed by atoms with E-state index in [4.69, 9.17) is 0 Å². The number of hydrogen-bond donors (Lipinski definition) is 2. The molecule has 3 rings (SSSR count). The van der Waals surface area contributed by atoms with Gasteiger partial charge in [0.25, 0.3) is 0 Å². The maximum atomic E-state index is 3.56. The molecule has 1 fully saturated rings. The Balaban J connectivity index is 1.49. The van der Waals surface area contributed by atoms with Crippen LogP contribution in [0.3, 0.4) is 0 Å². The molecule has 0 unspecified atom stereocenters. The second-order valence-corrected chi connectivity index (χ2v) is 6.79. The molecule has 3 nitrogen and oxygen atoms in total. The first-order valence-corrected chi connectivity index (χ1v) is 8.46. The summed E-state index contributed by atoms with van der Waals surface area (Å²) in [6.07, 6.45) is 2.02. The largest absolute Gasteiger partial charge is 0.322 e. The number of pyridine rings is 1. The van der Waals surface area contributed by atoms with Gasteiger partial charge in [-0.2, -0.15) is 0 Å². The Morgan fingerprint density at radius 2 is 1.67 bits per heavy atom. The van der Waals surface area contributed by atoms with Gasteiger partial charge in [0.05, 0.1) is 0 Å². The molecule has 3 N–H and O–H groups in total. The van der Waals surface area contributed by atoms with Gasteiger partial charge < -0.3 is 9.80 Å². The van der Waals surface area contributed by atoms with Gasteiger partial charge in [-0.05, 0) is 18.2 Å². The molecule has 1 aromatic heterocycles. The SMILES string of the molecule is Brc1cccc(C[NH+]2CC[NH+](Cc3cccc[nH+]3)CC2)c1. The van der Waals surface area contributed by atoms with Crippen molar-refractivity contribution in [1.29, 1.82) is 0 Å². The van der Waals surface area contributed by atoms with Gasteiger partial charge in [-0.15, -0.1) is 0 Å². The average molecular weight is 349 g/mol. The molecule has 0 radical (unpaired) electrons. The predicted molar refractivity (Wildman–Crippen MR) is 85.9 cm³/mol. The van der Waals surface area contributed by atoms with Gasteiger partial charge in [0, 0.05) is 22.2 Å². The minimum Gasteiger partial charge on any atom is -0.322 e. The molecule has 2 heterocycles. The molecule has 0 aliphatic carbocycles. The van der Waals surface area contributed by atoms with E-state index in [9.17, 15) is 0 Å². The summed E-state index contributed by atoms with van der Waals surface area (Å²) >= 11 is 3.56. The summed E-state index contributed by atoms with van der Waals surface area (Å²) in [7, 11) is 0. The van der Waals surface area contributed by atoms with Crippen LogP contribution in [0.25, 0.3) is 0 Å². The highest BCUT2D eigenvalue weighted by atomic mass is 79.9. The Morgan fingerprint density at radius 1 is 0.905 bits per heavy atom. The number of H-pyrrole nitrogens is 1. The maximum Gasteiger partial charge on any atom is 0.234 e. The lowest BCUT2D eigenvalue weighted by Crippen LogP contribution is -3.27. The Morgan fingerprint density at radius 3 is 2.33 bits per heavy atom. The van der Waals surface area contributed by atoms with E-state index in [-0.39, 0.29) is 0 Å². The quantitative estimate of drug-likeness (QED) is 0.761. The zero-order valence-electron chi connectivity index (χ0n) is 12.2. The first kappa shape index (κ1) is 14.7. The first-order chi connectivity index (χ1) is 10.3. The minimum absolute atomic E-state index is 1.12. The van der Waals surface area contributed by atoms with E-state index in [0.29, 0.717) is 0 Å². The molecule has 4 heteroatoms. The van der Waals surface area contributed by atoms with E-state index >= 15 is 0 Å². The number of hydrogen-bond acceptors (Lipinski definition) is 0. The van der Waals surface area contributed by atoms with Crippen molar-refractivity contribution in [2.45, 2.75) is 13.1 Å². The van der Waals surface area contributed by atoms with E-state index in [2.05, 4.69) is 57.3 Å². The van der Waals surface area contributed by atoms with E-state index in [1.807, 2.05) is 12.3 Å². The second-order valence-electron chi connectivity index (χ2n) is 5.87. The number of piperazine rings is 1. The third-order valence-electron chi connectivity index (χ3n) is 4.22. The van der Waals surface area contributed by atoms with Crippen molar-refractivity contribution < 1.29 is 14.8 Å². The van der Waals surface area contributed by atoms with Crippen LogP contribution in [-0.2, 0) is 13.1 Å². The van der Waals surface area contributed by atoms with E-state index in [1.54, 1.807) is 9.80 Å². The standard InChI is InChI=1S/C17H20BrN3/c18-16-5-3-4-15(12-16)13-20-8-10-21(11-9-20)14-17-6-1-2-7-19-17/h1-7,12H,8-11,13-14H2/p+3. The van der Waals surface area contributed by atoms with Crippen LogP contribution in [0.15, 0.2) is 53.1 Å². The molecule has 0 amide bonds. The lowest BCUT2D eigenvalue weighted by molar-refractivity contribution is -1.03. The Kier molecular flexibility index (Phi) is 5.01. The van der Waals surface area contributed by atoms with Gasteiger partial charge >= 0.3 is 0 Å². The summed E-state index contributed by atoms with van der Waals surface area (Å²) in [4.78, 5) is 6.73. The molecule has 1 aliphatic rings. The molecular formula is C17H23BrN3+3. The smallest absolute Gasteiger partial charge is 0.234 e. The second kappa shape index (κ2) is 7.16. The van der Waals surface area contributed by atoms with Crippen LogP contribution in [0, 0.1) is 0 Å². The topological polar surface area (TPSA) is 23.0 Å². The van der Waals surface area contributed by atoms with Gasteiger partial charge in [-0.3, -0.25) is 0 Å². The maximum absolute atomic E-state index is 3.56. The number of aromatic amines is 1. The van der Waals surface area contributed by atoms with E-state index in [0.717, 1.165) is 13.1 Å². The van der Waals surface area contributed by atoms with Crippen LogP contribution in [0.1, 0.15) is 11.3 Å². The van der Waals surface area contributed by atoms with Gasteiger partial charge in [-0.1, -0.05) is 28.1 Å². The van der Waals surface area contributed by atoms with Gasteiger partial charge in [0.2, 0.25) is 5.69 Å². The number of nitrogens with one attached hydrogen (secondary N) is 3. The number of rotatable bonds is 4. The molecule has 0 bridgehead atoms. The molecular weight excluding hydrogens is 326 g/mol. The summed E-state index contributed by atoms with van der Waals surface area (Å²) in [6, 6.07) is 15.0. The van der Waals surface area contributed by atoms with Gasteiger partial charge in [-0.25, -0.2) is 4.98 Å². The summed E-state index contributed by atoms with van der Waals surface area (Å²) in [5.41, 5.74) is 2.77. The number of halogens is 1. The number of benzene rings is 1. The number of aromatic nitrogens is 1. The van der Waals surface area contributed by atoms with Crippen molar-refractivity contribution in [1.82, 2.24) is 0 Å². The van der Waals surface area contributed by atoms with Gasteiger partial charge in [0.1, 0.15) is 32.7 Å². The zero-order chi connectivity index (χ0) is 14.5. The van der Waals surface area contributed by atoms with Crippen LogP contribution < -0.4 is 14.8 Å². The van der Waals surface area contributed by atoms with Crippen molar-refractivity contribution in [2.75, 3.05) is 26.2 Å². The molecule has 0 saturated carbocycles. The lowest BCUT2D eigenvalue weighted by atomic mass is 10.2. The highest BCUT2D eigenvalue weighted by molar-refractivity contribution is 9.10. The molecule has 1 aromatic carbocycles. The highest BCUT2D eigenvalue weighted by Crippen LogP contribution is 2.10. The van der Waals surface area contributed by atoms with Crippen LogP contribution >= 0.6 is 15.9 Å². The van der Waals surface area contributed by atoms with Crippen LogP contribution in [0.5, 0.6) is 0 Å². The van der Waals surface area contributed by atoms with E-state index < -0.39 is 0 Å². The van der Waals surface area contributed by atoms with Crippen molar-refractivity contribution in [3.05, 3.63) is 64.4 Å². The van der Waals surface area contributed by atoms with Crippen molar-refractivity contribution in [3.8, 4) is 0 Å². The Labute approximate surface area is 134 Å². The molecule has 110 valence electrons. The summed E-state index contributed by atoms with van der Waals surface area (Å²) in [6.45, 7) is 7.29. The molecule has 21 heavy (non-hydrogen) atoms. The summed E-state index contributed by atoms with van der Waals surface area (Å²) in [5.74, 6) is 0. The average Bonchev–Trinajstić information content (AvgIpc) is 2.50. The van der Waals surface area contributed by atoms with E-state index in [1.165, 1.54) is 41.9 Å². The van der Waals surface area contributed by atoms with Crippen LogP contribution in [-0.4, -0.2) is 26.2 Å². The molecule has 1 aliphatic heterocycles. The Bertz CT molecular complexity index is 565. The molecule has 2 aromatic rings. The predicted octanol–water partition coefficient (Wildman–Crippen LogP) is -0.253. The fourth-order valence-electron chi connectivity index (χ4n) is 3.06. The lowest BCUT2D eigenvalue weighted by Gasteiger charge is -2.29. The van der Waals surface area contributed by atoms with Crippen molar-refractivity contribution in [3.63, 3.8) is 0 Å². The Hall–Kier alpha value is -1.23. The number of quaternary nitrogens is 2. The first-order valence-electron chi connectivity index (χ1n) is 7.67. The van der Waals surface area contributed by atoms with Crippen molar-refractivity contribution in [2.24, 2.45) is 0 Å². The molecule has 0 spiro atoms. The fourth-order valence-corrected chi connectivity index (χ4v) is 3.50. The third-order valence-corrected chi connectivity index (χ3v) is 4.71. The van der Waals surface area contributed by atoms with Crippen molar-refractivity contribution >= 4 is 15.9 Å². The monoisotopic (exact) mass is 348 g/mol. The fraction of sp³-hybridized carbons (Fsp3) is 0.353. The van der Waals surface area contributed by atoms with Gasteiger partial charge in [0.15, 0.2) is 12.7 Å². The zero-order valence-corrected chi connectivity index (χ0v) is 13.8. The minimum atomic E-state index is 1.12. The van der Waals surface area contributed by atoms with Crippen LogP contribution in [0.2, 0.25) is 0 Å². The summed E-state index contributed by atoms with van der Waals surface area (Å²) < 4.78 is 1.18. The molecule has 1 saturated heterocycles. The normalized spacial score (nSPS) is 22.1. The summed E-state index contributed by atoms with van der Waals surface area (Å²) in [5, 5.41) is 0. The molecule has 0 atom stereocenters. The highest BCUT2D eigenvalue weighted by Gasteiger charge is 2.24. The third kappa shape index (κ3) is 4.37. The van der Waals surface area contributed by atoms with Crippen LogP contribution in [0.4, 0.5) is 0 Å².